The first-order valence-electron chi connectivity index (χ1n) is 10.3. The minimum absolute atomic E-state index is 0.109. The minimum Gasteiger partial charge on any atom is -0.489 e. The van der Waals surface area contributed by atoms with Gasteiger partial charge in [0.2, 0.25) is 0 Å². The molecule has 1 amide bonds. The van der Waals surface area contributed by atoms with Gasteiger partial charge < -0.3 is 10.1 Å². The summed E-state index contributed by atoms with van der Waals surface area (Å²) in [6, 6.07) is 15.6. The summed E-state index contributed by atoms with van der Waals surface area (Å²) in [5.41, 5.74) is 5.02. The summed E-state index contributed by atoms with van der Waals surface area (Å²) in [4.78, 5) is 12.7. The molecule has 3 aromatic rings. The summed E-state index contributed by atoms with van der Waals surface area (Å²) in [6.07, 6.45) is 1.80. The van der Waals surface area contributed by atoms with Gasteiger partial charge in [0.1, 0.15) is 12.4 Å². The van der Waals surface area contributed by atoms with Gasteiger partial charge in [-0.15, -0.1) is 0 Å². The summed E-state index contributed by atoms with van der Waals surface area (Å²) < 4.78 is 7.73. The highest BCUT2D eigenvalue weighted by Gasteiger charge is 2.16. The summed E-state index contributed by atoms with van der Waals surface area (Å²) in [6.45, 7) is 10.9. The van der Waals surface area contributed by atoms with Crippen molar-refractivity contribution in [3.8, 4) is 5.75 Å². The summed E-state index contributed by atoms with van der Waals surface area (Å²) >= 11 is 0. The van der Waals surface area contributed by atoms with Crippen LogP contribution in [-0.4, -0.2) is 15.7 Å². The zero-order chi connectivity index (χ0) is 21.9. The second-order valence-corrected chi connectivity index (χ2v) is 8.77. The van der Waals surface area contributed by atoms with Crippen molar-refractivity contribution in [2.24, 2.45) is 7.05 Å². The lowest BCUT2D eigenvalue weighted by Gasteiger charge is -2.19. The topological polar surface area (TPSA) is 56.1 Å². The van der Waals surface area contributed by atoms with E-state index in [9.17, 15) is 4.79 Å². The molecule has 0 saturated carbocycles. The predicted octanol–water partition coefficient (Wildman–Crippen LogP) is 5.10. The molecule has 0 aliphatic rings. The SMILES string of the molecule is Cc1c(C(C)NC(=O)c2cccc(COc3ccc(C(C)(C)C)cc3)c2)cnn1C. The molecule has 158 valence electrons. The first kappa shape index (κ1) is 21.6. The van der Waals surface area contributed by atoms with Crippen molar-refractivity contribution >= 4 is 5.91 Å². The molecule has 1 atom stereocenters. The Balaban J connectivity index is 1.62. The summed E-state index contributed by atoms with van der Waals surface area (Å²) in [5, 5.41) is 7.31. The van der Waals surface area contributed by atoms with Crippen LogP contribution in [0.2, 0.25) is 0 Å². The Hall–Kier alpha value is -3.08. The van der Waals surface area contributed by atoms with Crippen molar-refractivity contribution < 1.29 is 9.53 Å². The first-order valence-corrected chi connectivity index (χ1v) is 10.3. The fraction of sp³-hybridized carbons (Fsp3) is 0.360. The maximum absolute atomic E-state index is 12.7. The number of nitrogens with zero attached hydrogens (tertiary/aromatic N) is 2. The molecule has 5 nitrogen and oxygen atoms in total. The highest BCUT2D eigenvalue weighted by Crippen LogP contribution is 2.24. The van der Waals surface area contributed by atoms with Gasteiger partial charge >= 0.3 is 0 Å². The molecule has 0 bridgehead atoms. The Kier molecular flexibility index (Phi) is 6.30. The summed E-state index contributed by atoms with van der Waals surface area (Å²) in [7, 11) is 1.90. The molecule has 3 rings (SSSR count). The van der Waals surface area contributed by atoms with Gasteiger partial charge in [0, 0.05) is 23.9 Å². The molecule has 1 aromatic heterocycles. The van der Waals surface area contributed by atoms with Crippen LogP contribution in [0.3, 0.4) is 0 Å². The Bertz CT molecular complexity index is 1010. The van der Waals surface area contributed by atoms with Crippen molar-refractivity contribution in [3.05, 3.63) is 82.7 Å². The molecule has 30 heavy (non-hydrogen) atoms. The van der Waals surface area contributed by atoms with Crippen LogP contribution in [0, 0.1) is 6.92 Å². The van der Waals surface area contributed by atoms with Gasteiger partial charge in [0.15, 0.2) is 0 Å². The van der Waals surface area contributed by atoms with Gasteiger partial charge in [0.05, 0.1) is 12.2 Å². The largest absolute Gasteiger partial charge is 0.489 e. The minimum atomic E-state index is -0.118. The Morgan fingerprint density at radius 3 is 2.47 bits per heavy atom. The summed E-state index contributed by atoms with van der Waals surface area (Å²) in [5.74, 6) is 0.709. The molecule has 0 saturated heterocycles. The van der Waals surface area contributed by atoms with E-state index in [1.54, 1.807) is 6.20 Å². The number of aryl methyl sites for hydroxylation is 1. The molecule has 2 aromatic carbocycles. The van der Waals surface area contributed by atoms with Crippen molar-refractivity contribution in [3.63, 3.8) is 0 Å². The van der Waals surface area contributed by atoms with E-state index in [-0.39, 0.29) is 17.4 Å². The van der Waals surface area contributed by atoms with E-state index in [1.165, 1.54) is 5.56 Å². The third-order valence-electron chi connectivity index (χ3n) is 5.40. The zero-order valence-electron chi connectivity index (χ0n) is 18.7. The maximum Gasteiger partial charge on any atom is 0.251 e. The number of amides is 1. The molecule has 1 N–H and O–H groups in total. The average molecular weight is 406 g/mol. The Labute approximate surface area is 179 Å². The van der Waals surface area contributed by atoms with Crippen molar-refractivity contribution in [2.75, 3.05) is 0 Å². The normalized spacial score (nSPS) is 12.5. The number of carbonyl (C=O) groups is 1. The molecule has 0 spiro atoms. The Morgan fingerprint density at radius 2 is 1.87 bits per heavy atom. The third-order valence-corrected chi connectivity index (χ3v) is 5.40. The standard InChI is InChI=1S/C25H31N3O2/c1-17(23-15-26-28(6)18(23)2)27-24(29)20-9-7-8-19(14-20)16-30-22-12-10-21(11-13-22)25(3,4)5/h7-15,17H,16H2,1-6H3,(H,27,29). The van der Waals surface area contributed by atoms with Crippen LogP contribution in [0.1, 0.15) is 66.5 Å². The van der Waals surface area contributed by atoms with Gasteiger partial charge in [-0.1, -0.05) is 45.0 Å². The van der Waals surface area contributed by atoms with E-state index in [0.717, 1.165) is 22.6 Å². The van der Waals surface area contributed by atoms with Crippen LogP contribution in [-0.2, 0) is 19.1 Å². The number of rotatable bonds is 6. The average Bonchev–Trinajstić information content (AvgIpc) is 3.05. The lowest BCUT2D eigenvalue weighted by Crippen LogP contribution is -2.27. The molecule has 0 aliphatic carbocycles. The van der Waals surface area contributed by atoms with Gasteiger partial charge in [-0.3, -0.25) is 9.48 Å². The molecule has 0 radical (unpaired) electrons. The van der Waals surface area contributed by atoms with E-state index < -0.39 is 0 Å². The van der Waals surface area contributed by atoms with E-state index >= 15 is 0 Å². The van der Waals surface area contributed by atoms with Crippen LogP contribution >= 0.6 is 0 Å². The molecule has 0 aliphatic heterocycles. The van der Waals surface area contributed by atoms with E-state index in [1.807, 2.05) is 62.0 Å². The molecule has 1 unspecified atom stereocenters. The smallest absolute Gasteiger partial charge is 0.251 e. The lowest BCUT2D eigenvalue weighted by atomic mass is 9.87. The zero-order valence-corrected chi connectivity index (χ0v) is 18.7. The number of benzene rings is 2. The third kappa shape index (κ3) is 5.09. The van der Waals surface area contributed by atoms with Gasteiger partial charge in [-0.2, -0.15) is 5.10 Å². The highest BCUT2D eigenvalue weighted by atomic mass is 16.5. The molecule has 5 heteroatoms. The highest BCUT2D eigenvalue weighted by molar-refractivity contribution is 5.94. The Morgan fingerprint density at radius 1 is 1.17 bits per heavy atom. The number of aromatic nitrogens is 2. The molecule has 0 fully saturated rings. The number of hydrogen-bond acceptors (Lipinski definition) is 3. The second-order valence-electron chi connectivity index (χ2n) is 8.77. The van der Waals surface area contributed by atoms with Crippen molar-refractivity contribution in [1.82, 2.24) is 15.1 Å². The van der Waals surface area contributed by atoms with Crippen molar-refractivity contribution in [2.45, 2.75) is 52.7 Å². The number of nitrogens with one attached hydrogen (secondary N) is 1. The van der Waals surface area contributed by atoms with Crippen LogP contribution < -0.4 is 10.1 Å². The monoisotopic (exact) mass is 405 g/mol. The number of hydrogen-bond donors (Lipinski definition) is 1. The van der Waals surface area contributed by atoms with E-state index in [2.05, 4.69) is 43.3 Å². The molecular weight excluding hydrogens is 374 g/mol. The number of carbonyl (C=O) groups excluding carboxylic acids is 1. The van der Waals surface area contributed by atoms with Gasteiger partial charge in [-0.25, -0.2) is 0 Å². The predicted molar refractivity (Wildman–Crippen MR) is 120 cm³/mol. The number of ether oxygens (including phenoxy) is 1. The van der Waals surface area contributed by atoms with E-state index in [0.29, 0.717) is 12.2 Å². The van der Waals surface area contributed by atoms with Crippen molar-refractivity contribution in [1.29, 1.82) is 0 Å². The quantitative estimate of drug-likeness (QED) is 0.621. The van der Waals surface area contributed by atoms with Gasteiger partial charge in [0.25, 0.3) is 5.91 Å². The molecule has 1 heterocycles. The van der Waals surface area contributed by atoms with Crippen LogP contribution in [0.15, 0.2) is 54.7 Å². The maximum atomic E-state index is 12.7. The van der Waals surface area contributed by atoms with Crippen LogP contribution in [0.4, 0.5) is 0 Å². The van der Waals surface area contributed by atoms with Crippen LogP contribution in [0.25, 0.3) is 0 Å². The van der Waals surface area contributed by atoms with Gasteiger partial charge in [-0.05, 0) is 54.7 Å². The fourth-order valence-electron chi connectivity index (χ4n) is 3.32. The molecular formula is C25H31N3O2. The second kappa shape index (κ2) is 8.74. The first-order chi connectivity index (χ1) is 14.1. The fourth-order valence-corrected chi connectivity index (χ4v) is 3.32. The van der Waals surface area contributed by atoms with E-state index in [4.69, 9.17) is 4.74 Å². The van der Waals surface area contributed by atoms with Crippen LogP contribution in [0.5, 0.6) is 5.75 Å². The lowest BCUT2D eigenvalue weighted by molar-refractivity contribution is 0.0939.